The van der Waals surface area contributed by atoms with Crippen LogP contribution in [0.25, 0.3) is 0 Å². The Hall–Kier alpha value is -0.930. The number of ether oxygens (including phenoxy) is 1. The van der Waals surface area contributed by atoms with E-state index in [9.17, 15) is 0 Å². The fourth-order valence-electron chi connectivity index (χ4n) is 1.96. The van der Waals surface area contributed by atoms with Crippen LogP contribution in [0.1, 0.15) is 37.9 Å². The second-order valence-electron chi connectivity index (χ2n) is 4.54. The lowest BCUT2D eigenvalue weighted by molar-refractivity contribution is 0.141. The molecule has 0 saturated heterocycles. The molecule has 1 rings (SSSR count). The lowest BCUT2D eigenvalue weighted by atomic mass is 10.1. The monoisotopic (exact) mass is 250 g/mol. The van der Waals surface area contributed by atoms with Gasteiger partial charge < -0.3 is 10.1 Å². The summed E-state index contributed by atoms with van der Waals surface area (Å²) in [5, 5.41) is 3.36. The van der Waals surface area contributed by atoms with E-state index in [0.717, 1.165) is 38.9 Å². The fourth-order valence-corrected chi connectivity index (χ4v) is 1.96. The zero-order valence-corrected chi connectivity index (χ0v) is 11.9. The van der Waals surface area contributed by atoms with Gasteiger partial charge >= 0.3 is 0 Å². The Labute approximate surface area is 111 Å². The number of pyridine rings is 1. The van der Waals surface area contributed by atoms with Gasteiger partial charge in [-0.1, -0.05) is 13.0 Å². The summed E-state index contributed by atoms with van der Waals surface area (Å²) in [6, 6.07) is 4.81. The van der Waals surface area contributed by atoms with Gasteiger partial charge in [-0.25, -0.2) is 0 Å². The van der Waals surface area contributed by atoms with E-state index in [1.54, 1.807) is 0 Å². The van der Waals surface area contributed by atoms with Gasteiger partial charge in [-0.05, 0) is 44.9 Å². The van der Waals surface area contributed by atoms with Crippen molar-refractivity contribution in [3.05, 3.63) is 29.6 Å². The molecule has 0 spiro atoms. The molecule has 18 heavy (non-hydrogen) atoms. The van der Waals surface area contributed by atoms with Gasteiger partial charge in [-0.2, -0.15) is 0 Å². The number of aromatic nitrogens is 1. The van der Waals surface area contributed by atoms with Crippen molar-refractivity contribution in [2.24, 2.45) is 0 Å². The van der Waals surface area contributed by atoms with E-state index in [4.69, 9.17) is 4.74 Å². The average Bonchev–Trinajstić information content (AvgIpc) is 2.43. The van der Waals surface area contributed by atoms with Gasteiger partial charge in [0, 0.05) is 37.6 Å². The summed E-state index contributed by atoms with van der Waals surface area (Å²) in [5.74, 6) is 0. The Morgan fingerprint density at radius 1 is 1.33 bits per heavy atom. The van der Waals surface area contributed by atoms with Crippen LogP contribution in [0.4, 0.5) is 0 Å². The quantitative estimate of drug-likeness (QED) is 0.684. The van der Waals surface area contributed by atoms with Gasteiger partial charge in [0.2, 0.25) is 0 Å². The molecule has 3 nitrogen and oxygen atoms in total. The summed E-state index contributed by atoms with van der Waals surface area (Å²) < 4.78 is 5.37. The highest BCUT2D eigenvalue weighted by molar-refractivity contribution is 5.14. The zero-order chi connectivity index (χ0) is 13.2. The topological polar surface area (TPSA) is 34.1 Å². The molecule has 0 radical (unpaired) electrons. The van der Waals surface area contributed by atoms with Crippen LogP contribution in [0.2, 0.25) is 0 Å². The van der Waals surface area contributed by atoms with Gasteiger partial charge in [-0.3, -0.25) is 4.98 Å². The van der Waals surface area contributed by atoms with E-state index in [-0.39, 0.29) is 0 Å². The predicted molar refractivity (Wildman–Crippen MR) is 75.9 cm³/mol. The molecule has 0 saturated carbocycles. The predicted octanol–water partition coefficient (Wildman–Crippen LogP) is 2.59. The molecule has 0 aliphatic carbocycles. The minimum atomic E-state index is 0.491. The molecule has 1 aromatic heterocycles. The lowest BCUT2D eigenvalue weighted by Crippen LogP contribution is -2.28. The van der Waals surface area contributed by atoms with Crippen molar-refractivity contribution in [2.45, 2.75) is 45.6 Å². The molecule has 0 amide bonds. The molecular formula is C15H26N2O. The maximum atomic E-state index is 5.37. The molecule has 0 fully saturated rings. The second-order valence-corrected chi connectivity index (χ2v) is 4.54. The van der Waals surface area contributed by atoms with Gasteiger partial charge in [0.15, 0.2) is 0 Å². The molecule has 0 bridgehead atoms. The number of aryl methyl sites for hydroxylation is 1. The van der Waals surface area contributed by atoms with Gasteiger partial charge in [-0.15, -0.1) is 0 Å². The minimum Gasteiger partial charge on any atom is -0.382 e. The first-order chi connectivity index (χ1) is 8.80. The molecule has 3 heteroatoms. The third-order valence-electron chi connectivity index (χ3n) is 3.20. The average molecular weight is 250 g/mol. The molecule has 1 atom stereocenters. The van der Waals surface area contributed by atoms with Crippen LogP contribution >= 0.6 is 0 Å². The number of rotatable bonds is 9. The minimum absolute atomic E-state index is 0.491. The SMILES string of the molecule is CCOCCCC(Cc1ccc(CC)cn1)NC. The van der Waals surface area contributed by atoms with Gasteiger partial charge in [0.25, 0.3) is 0 Å². The number of hydrogen-bond acceptors (Lipinski definition) is 3. The van der Waals surface area contributed by atoms with Crippen molar-refractivity contribution in [1.29, 1.82) is 0 Å². The van der Waals surface area contributed by atoms with E-state index < -0.39 is 0 Å². The number of likely N-dealkylation sites (N-methyl/N-ethyl adjacent to an activating group) is 1. The molecule has 0 aromatic carbocycles. The third-order valence-corrected chi connectivity index (χ3v) is 3.20. The van der Waals surface area contributed by atoms with Crippen molar-refractivity contribution in [2.75, 3.05) is 20.3 Å². The van der Waals surface area contributed by atoms with E-state index in [0.29, 0.717) is 6.04 Å². The summed E-state index contributed by atoms with van der Waals surface area (Å²) in [6.07, 6.45) is 6.27. The van der Waals surface area contributed by atoms with Crippen LogP contribution in [0.3, 0.4) is 0 Å². The smallest absolute Gasteiger partial charge is 0.0466 e. The van der Waals surface area contributed by atoms with Gasteiger partial charge in [0.05, 0.1) is 0 Å². The molecule has 0 aliphatic rings. The molecule has 1 heterocycles. The maximum Gasteiger partial charge on any atom is 0.0466 e. The summed E-state index contributed by atoms with van der Waals surface area (Å²) in [7, 11) is 2.02. The molecule has 0 aliphatic heterocycles. The highest BCUT2D eigenvalue weighted by atomic mass is 16.5. The summed E-state index contributed by atoms with van der Waals surface area (Å²) >= 11 is 0. The van der Waals surface area contributed by atoms with E-state index in [2.05, 4.69) is 29.4 Å². The third kappa shape index (κ3) is 5.61. The van der Waals surface area contributed by atoms with Crippen LogP contribution in [-0.2, 0) is 17.6 Å². The highest BCUT2D eigenvalue weighted by Gasteiger charge is 2.07. The largest absolute Gasteiger partial charge is 0.382 e. The van der Waals surface area contributed by atoms with Crippen molar-refractivity contribution < 1.29 is 4.74 Å². The first-order valence-corrected chi connectivity index (χ1v) is 6.99. The summed E-state index contributed by atoms with van der Waals surface area (Å²) in [6.45, 7) is 5.86. The van der Waals surface area contributed by atoms with Crippen LogP contribution in [0.5, 0.6) is 0 Å². The van der Waals surface area contributed by atoms with E-state index >= 15 is 0 Å². The first-order valence-electron chi connectivity index (χ1n) is 6.99. The van der Waals surface area contributed by atoms with Crippen LogP contribution in [0.15, 0.2) is 18.3 Å². The molecule has 1 aromatic rings. The van der Waals surface area contributed by atoms with E-state index in [1.165, 1.54) is 11.3 Å². The molecular weight excluding hydrogens is 224 g/mol. The van der Waals surface area contributed by atoms with Crippen LogP contribution in [-0.4, -0.2) is 31.3 Å². The normalized spacial score (nSPS) is 12.6. The molecule has 1 N–H and O–H groups in total. The van der Waals surface area contributed by atoms with Crippen molar-refractivity contribution in [1.82, 2.24) is 10.3 Å². The van der Waals surface area contributed by atoms with Crippen molar-refractivity contribution >= 4 is 0 Å². The van der Waals surface area contributed by atoms with Crippen molar-refractivity contribution in [3.8, 4) is 0 Å². The number of nitrogens with zero attached hydrogens (tertiary/aromatic N) is 1. The summed E-state index contributed by atoms with van der Waals surface area (Å²) in [5.41, 5.74) is 2.47. The van der Waals surface area contributed by atoms with Crippen LogP contribution in [0, 0.1) is 0 Å². The molecule has 102 valence electrons. The second kappa shape index (κ2) is 9.06. The lowest BCUT2D eigenvalue weighted by Gasteiger charge is -2.15. The Morgan fingerprint density at radius 2 is 2.17 bits per heavy atom. The standard InChI is InChI=1S/C15H26N2O/c1-4-13-8-9-15(17-12-13)11-14(16-3)7-6-10-18-5-2/h8-9,12,14,16H,4-7,10-11H2,1-3H3. The zero-order valence-electron chi connectivity index (χ0n) is 11.9. The Kier molecular flexibility index (Phi) is 7.62. The number of hydrogen-bond donors (Lipinski definition) is 1. The maximum absolute atomic E-state index is 5.37. The van der Waals surface area contributed by atoms with Crippen LogP contribution < -0.4 is 5.32 Å². The summed E-state index contributed by atoms with van der Waals surface area (Å²) in [4.78, 5) is 4.51. The number of nitrogens with one attached hydrogen (secondary N) is 1. The fraction of sp³-hybridized carbons (Fsp3) is 0.667. The first kappa shape index (κ1) is 15.1. The molecule has 1 unspecified atom stereocenters. The highest BCUT2D eigenvalue weighted by Crippen LogP contribution is 2.07. The van der Waals surface area contributed by atoms with Gasteiger partial charge in [0.1, 0.15) is 0 Å². The Balaban J connectivity index is 2.36. The Bertz CT molecular complexity index is 311. The Morgan fingerprint density at radius 3 is 2.72 bits per heavy atom. The van der Waals surface area contributed by atoms with E-state index in [1.807, 2.05) is 20.2 Å². The van der Waals surface area contributed by atoms with Crippen molar-refractivity contribution in [3.63, 3.8) is 0 Å².